The first-order valence-corrected chi connectivity index (χ1v) is 27.6. The molecule has 6 aliphatic heterocycles. The van der Waals surface area contributed by atoms with Crippen LogP contribution < -0.4 is 77.1 Å². The minimum Gasteiger partial charge on any atom is -0.458 e. The quantitative estimate of drug-likeness (QED) is 0.174. The van der Waals surface area contributed by atoms with E-state index in [0.717, 1.165) is 95.8 Å². The fraction of sp³-hybridized carbons (Fsp3) is 0.0938. The van der Waals surface area contributed by atoms with E-state index in [2.05, 4.69) is 208 Å². The lowest BCUT2D eigenvalue weighted by atomic mass is 9.31. The largest absolute Gasteiger partial charge is 0.458 e. The smallest absolute Gasteiger partial charge is 0.268 e. The van der Waals surface area contributed by atoms with Gasteiger partial charge in [0.2, 0.25) is 0 Å². The van der Waals surface area contributed by atoms with Gasteiger partial charge in [0.15, 0.2) is 0 Å². The van der Waals surface area contributed by atoms with Gasteiger partial charge in [0.05, 0.1) is 11.4 Å². The number of hydrogen-bond acceptors (Lipinski definition) is 8. The summed E-state index contributed by atoms with van der Waals surface area (Å²) in [5, 5.41) is 6.44. The highest BCUT2D eigenvalue weighted by atomic mass is 32.1. The van der Waals surface area contributed by atoms with Crippen molar-refractivity contribution < 1.29 is 14.2 Å². The van der Waals surface area contributed by atoms with Gasteiger partial charge in [-0.1, -0.05) is 78.4 Å². The summed E-state index contributed by atoms with van der Waals surface area (Å²) in [5.74, 6) is 5.31. The van der Waals surface area contributed by atoms with Gasteiger partial charge >= 0.3 is 0 Å². The van der Waals surface area contributed by atoms with E-state index in [1.165, 1.54) is 85.5 Å². The number of nitrogens with zero attached hydrogens (tertiary/aromatic N) is 2. The number of benzene rings is 9. The molecule has 6 aliphatic rings. The lowest BCUT2D eigenvalue weighted by Crippen LogP contribution is -2.64. The molecular weight excluding hydrogens is 955 g/mol. The number of rotatable bonds is 2. The molecule has 8 heterocycles. The van der Waals surface area contributed by atoms with Crippen molar-refractivity contribution in [1.29, 1.82) is 0 Å². The molecule has 9 aromatic carbocycles. The Balaban J connectivity index is 0.931. The Morgan fingerprint density at radius 2 is 0.973 bits per heavy atom. The third kappa shape index (κ3) is 5.67. The van der Waals surface area contributed by atoms with Crippen molar-refractivity contribution in [2.75, 3.05) is 15.1 Å². The van der Waals surface area contributed by atoms with Crippen LogP contribution in [-0.4, -0.2) is 20.1 Å². The molecule has 0 saturated heterocycles. The average Bonchev–Trinajstić information content (AvgIpc) is 4.04. The summed E-state index contributed by atoms with van der Waals surface area (Å²) in [5.41, 5.74) is 24.8. The van der Waals surface area contributed by atoms with Gasteiger partial charge in [-0.15, -0.1) is 22.7 Å². The Bertz CT molecular complexity index is 4430. The maximum Gasteiger partial charge on any atom is 0.268 e. The minimum absolute atomic E-state index is 0.0206. The molecule has 1 N–H and O–H groups in total. The Morgan fingerprint density at radius 1 is 0.400 bits per heavy atom. The molecule has 17 rings (SSSR count). The molecule has 75 heavy (non-hydrogen) atoms. The van der Waals surface area contributed by atoms with Crippen LogP contribution in [0.1, 0.15) is 33.4 Å². The zero-order valence-electron chi connectivity index (χ0n) is 42.1. The minimum atomic E-state index is -0.180. The molecule has 0 radical (unpaired) electrons. The summed E-state index contributed by atoms with van der Waals surface area (Å²) in [6, 6.07) is 56.6. The van der Waals surface area contributed by atoms with Crippen LogP contribution in [0.2, 0.25) is 0 Å². The van der Waals surface area contributed by atoms with E-state index < -0.39 is 0 Å². The Labute approximate surface area is 444 Å². The van der Waals surface area contributed by atoms with Gasteiger partial charge in [0.25, 0.3) is 20.1 Å². The van der Waals surface area contributed by atoms with E-state index in [0.29, 0.717) is 0 Å². The fourth-order valence-electron chi connectivity index (χ4n) is 14.0. The van der Waals surface area contributed by atoms with Crippen LogP contribution in [-0.2, 0) is 0 Å². The zero-order valence-corrected chi connectivity index (χ0v) is 43.7. The highest BCUT2D eigenvalue weighted by Gasteiger charge is 2.50. The van der Waals surface area contributed by atoms with Crippen LogP contribution >= 0.6 is 22.7 Å². The number of fused-ring (bicyclic) bond motifs is 16. The zero-order chi connectivity index (χ0) is 49.9. The van der Waals surface area contributed by atoms with Crippen LogP contribution in [0, 0.1) is 41.5 Å². The van der Waals surface area contributed by atoms with Gasteiger partial charge in [0, 0.05) is 81.4 Å². The van der Waals surface area contributed by atoms with Crippen molar-refractivity contribution in [3.05, 3.63) is 185 Å². The first-order chi connectivity index (χ1) is 36.6. The first-order valence-electron chi connectivity index (χ1n) is 26.0. The normalized spacial score (nSPS) is 14.3. The molecule has 0 fully saturated rings. The summed E-state index contributed by atoms with van der Waals surface area (Å²) in [6.45, 7) is 13.0. The molecule has 2 aromatic heterocycles. The van der Waals surface area contributed by atoms with Gasteiger partial charge < -0.3 is 29.3 Å². The van der Waals surface area contributed by atoms with Crippen LogP contribution in [0.5, 0.6) is 34.5 Å². The van der Waals surface area contributed by atoms with Crippen molar-refractivity contribution in [3.8, 4) is 34.5 Å². The maximum absolute atomic E-state index is 7.31. The highest BCUT2D eigenvalue weighted by Crippen LogP contribution is 2.50. The number of anilines is 8. The van der Waals surface area contributed by atoms with Crippen molar-refractivity contribution in [1.82, 2.24) is 0 Å². The summed E-state index contributed by atoms with van der Waals surface area (Å²) >= 11 is 3.78. The second-order valence-corrected chi connectivity index (χ2v) is 23.8. The third-order valence-electron chi connectivity index (χ3n) is 16.7. The molecule has 354 valence electrons. The van der Waals surface area contributed by atoms with Crippen LogP contribution in [0.3, 0.4) is 0 Å². The third-order valence-corrected chi connectivity index (χ3v) is 19.1. The SMILES string of the molecule is Cc1cc(C)c(N2c3cc4c(cc3B3c5sc6ccccc6c5Oc5cc(C)cc2c53)B2c3cc5c(cc3Oc3cc(C)cc(c32)O4)Nc2cc(C)cc3c2B5c2sc4ccccc4c2N3c2ccccc2)c(C)c1. The molecule has 11 heteroatoms. The molecule has 0 amide bonds. The van der Waals surface area contributed by atoms with Gasteiger partial charge in [-0.3, -0.25) is 0 Å². The molecule has 0 spiro atoms. The topological polar surface area (TPSA) is 46.2 Å². The van der Waals surface area contributed by atoms with E-state index in [-0.39, 0.29) is 20.1 Å². The highest BCUT2D eigenvalue weighted by molar-refractivity contribution is 7.34. The molecule has 0 aliphatic carbocycles. The molecule has 0 unspecified atom stereocenters. The maximum atomic E-state index is 7.31. The number of ether oxygens (including phenoxy) is 3. The van der Waals surface area contributed by atoms with E-state index >= 15 is 0 Å². The predicted octanol–water partition coefficient (Wildman–Crippen LogP) is 11.5. The summed E-state index contributed by atoms with van der Waals surface area (Å²) < 4.78 is 26.7. The molecule has 0 bridgehead atoms. The molecule has 0 atom stereocenters. The molecule has 6 nitrogen and oxygen atoms in total. The lowest BCUT2D eigenvalue weighted by Gasteiger charge is -2.42. The molecule has 0 saturated carbocycles. The Hall–Kier alpha value is -8.11. The summed E-state index contributed by atoms with van der Waals surface area (Å²) in [7, 11) is 0. The van der Waals surface area contributed by atoms with Crippen molar-refractivity contribution in [3.63, 3.8) is 0 Å². The number of aryl methyl sites for hydroxylation is 6. The van der Waals surface area contributed by atoms with Gasteiger partial charge in [-0.25, -0.2) is 0 Å². The number of nitrogens with one attached hydrogen (secondary N) is 1. The standard InChI is InChI=1S/C64H44B3N3O3S2/c1-32-20-36(5)60(37(6)21-32)70-47-31-51-44(29-42(47)67-58-49(70)24-34(3)25-52(58)73-62-40-17-11-13-19-56(40)75-64(62)67)65-43-28-41-45(30-50(43)71-53-26-35(4)27-54(72-51)59(53)65)68-46-22-33(2)23-48-57(46)66(41)63-61(39-16-10-12-18-55(39)74-63)69(48)38-14-8-7-9-15-38/h7-31,68H,1-6H3. The van der Waals surface area contributed by atoms with E-state index in [9.17, 15) is 0 Å². The lowest BCUT2D eigenvalue weighted by molar-refractivity contribution is 0.464. The average molecular weight is 1000 g/mol. The van der Waals surface area contributed by atoms with Crippen LogP contribution in [0.25, 0.3) is 20.2 Å². The molecular formula is C64H44B3N3O3S2. The van der Waals surface area contributed by atoms with Gasteiger partial charge in [-0.2, -0.15) is 0 Å². The first kappa shape index (κ1) is 42.3. The number of para-hydroxylation sites is 1. The predicted molar refractivity (Wildman–Crippen MR) is 318 cm³/mol. The second kappa shape index (κ2) is 14.8. The van der Waals surface area contributed by atoms with Gasteiger partial charge in [-0.05, 0) is 169 Å². The van der Waals surface area contributed by atoms with E-state index in [1.54, 1.807) is 0 Å². The fourth-order valence-corrected chi connectivity index (χ4v) is 16.6. The Morgan fingerprint density at radius 3 is 1.72 bits per heavy atom. The number of thiophene rings is 2. The van der Waals surface area contributed by atoms with Crippen molar-refractivity contribution >= 4 is 156 Å². The van der Waals surface area contributed by atoms with Crippen LogP contribution in [0.4, 0.5) is 45.5 Å². The second-order valence-electron chi connectivity index (χ2n) is 21.6. The van der Waals surface area contributed by atoms with Crippen molar-refractivity contribution in [2.24, 2.45) is 0 Å². The summed E-state index contributed by atoms with van der Waals surface area (Å²) in [4.78, 5) is 5.03. The monoisotopic (exact) mass is 999 g/mol. The van der Waals surface area contributed by atoms with Crippen LogP contribution in [0.15, 0.2) is 152 Å². The van der Waals surface area contributed by atoms with Crippen molar-refractivity contribution in [2.45, 2.75) is 41.5 Å². The Kier molecular flexibility index (Phi) is 8.35. The van der Waals surface area contributed by atoms with Gasteiger partial charge in [0.1, 0.15) is 34.5 Å². The van der Waals surface area contributed by atoms with E-state index in [4.69, 9.17) is 14.2 Å². The van der Waals surface area contributed by atoms with E-state index in [1.807, 2.05) is 22.7 Å². The summed E-state index contributed by atoms with van der Waals surface area (Å²) in [6.07, 6.45) is 0. The molecule has 11 aromatic rings. The number of hydrogen-bond donors (Lipinski definition) is 1.